The van der Waals surface area contributed by atoms with Crippen LogP contribution in [-0.4, -0.2) is 61.0 Å². The van der Waals surface area contributed by atoms with E-state index in [-0.39, 0.29) is 18.0 Å². The van der Waals surface area contributed by atoms with E-state index >= 15 is 0 Å². The van der Waals surface area contributed by atoms with Gasteiger partial charge >= 0.3 is 5.97 Å². The molecule has 0 saturated carbocycles. The Bertz CT molecular complexity index is 604. The summed E-state index contributed by atoms with van der Waals surface area (Å²) in [4.78, 5) is 26.8. The highest BCUT2D eigenvalue weighted by Gasteiger charge is 2.25. The molecule has 1 aliphatic rings. The first-order chi connectivity index (χ1) is 11.1. The topological polar surface area (TPSA) is 49.9 Å². The average Bonchev–Trinajstić information content (AvgIpc) is 2.99. The fourth-order valence-electron chi connectivity index (χ4n) is 2.28. The van der Waals surface area contributed by atoms with Crippen LogP contribution in [0.2, 0.25) is 0 Å². The Morgan fingerprint density at radius 3 is 2.74 bits per heavy atom. The van der Waals surface area contributed by atoms with Crippen molar-refractivity contribution in [3.63, 3.8) is 0 Å². The van der Waals surface area contributed by atoms with Gasteiger partial charge in [0.15, 0.2) is 0 Å². The normalized spacial score (nSPS) is 17.2. The molecule has 1 aliphatic heterocycles. The lowest BCUT2D eigenvalue weighted by Crippen LogP contribution is -2.26. The van der Waals surface area contributed by atoms with Gasteiger partial charge in [0, 0.05) is 27.1 Å². The van der Waals surface area contributed by atoms with Gasteiger partial charge in [0.05, 0.1) is 18.7 Å². The number of esters is 1. The Morgan fingerprint density at radius 2 is 2.04 bits per heavy atom. The number of hydrogen-bond donors (Lipinski definition) is 0. The van der Waals surface area contributed by atoms with Gasteiger partial charge in [-0.05, 0) is 18.6 Å². The van der Waals surface area contributed by atoms with Gasteiger partial charge in [0.25, 0.3) is 0 Å². The van der Waals surface area contributed by atoms with Crippen LogP contribution in [0.25, 0.3) is 0 Å². The number of rotatable bonds is 4. The second kappa shape index (κ2) is 8.35. The third kappa shape index (κ3) is 5.42. The first kappa shape index (κ1) is 17.0. The Labute approximate surface area is 137 Å². The number of amides is 1. The van der Waals surface area contributed by atoms with Crippen LogP contribution >= 0.6 is 0 Å². The Hall–Kier alpha value is -2.32. The van der Waals surface area contributed by atoms with E-state index in [1.54, 1.807) is 24.1 Å². The van der Waals surface area contributed by atoms with Crippen LogP contribution in [0.3, 0.4) is 0 Å². The number of carbonyl (C=O) groups is 2. The van der Waals surface area contributed by atoms with E-state index < -0.39 is 0 Å². The Balaban J connectivity index is 1.73. The highest BCUT2D eigenvalue weighted by Crippen LogP contribution is 2.14. The number of benzene rings is 1. The molecule has 122 valence electrons. The summed E-state index contributed by atoms with van der Waals surface area (Å²) in [6, 6.07) is 9.03. The van der Waals surface area contributed by atoms with Gasteiger partial charge in [-0.1, -0.05) is 30.0 Å². The summed E-state index contributed by atoms with van der Waals surface area (Å²) in [6.45, 7) is 4.16. The van der Waals surface area contributed by atoms with E-state index in [0.717, 1.165) is 13.0 Å². The third-order valence-corrected chi connectivity index (χ3v) is 3.79. The quantitative estimate of drug-likeness (QED) is 0.623. The zero-order chi connectivity index (χ0) is 16.7. The second-order valence-electron chi connectivity index (χ2n) is 5.65. The molecule has 5 heteroatoms. The van der Waals surface area contributed by atoms with Crippen LogP contribution < -0.4 is 0 Å². The molecular weight excluding hydrogens is 292 g/mol. The van der Waals surface area contributed by atoms with Crippen LogP contribution in [0.5, 0.6) is 0 Å². The van der Waals surface area contributed by atoms with Crippen molar-refractivity contribution in [1.29, 1.82) is 0 Å². The van der Waals surface area contributed by atoms with E-state index in [9.17, 15) is 9.59 Å². The fourth-order valence-corrected chi connectivity index (χ4v) is 2.28. The summed E-state index contributed by atoms with van der Waals surface area (Å²) in [5.74, 6) is 5.78. The average molecular weight is 314 g/mol. The zero-order valence-corrected chi connectivity index (χ0v) is 13.6. The maximum atomic E-state index is 12.0. The molecule has 0 aromatic heterocycles. The fraction of sp³-hybridized carbons (Fsp3) is 0.444. The summed E-state index contributed by atoms with van der Waals surface area (Å²) in [5, 5.41) is 0. The van der Waals surface area contributed by atoms with E-state index in [4.69, 9.17) is 4.74 Å². The Kier molecular flexibility index (Phi) is 6.19. The van der Waals surface area contributed by atoms with Crippen molar-refractivity contribution in [2.24, 2.45) is 0 Å². The van der Waals surface area contributed by atoms with Gasteiger partial charge in [-0.15, -0.1) is 0 Å². The second-order valence-corrected chi connectivity index (χ2v) is 5.65. The molecule has 1 amide bonds. The minimum atomic E-state index is -0.272. The van der Waals surface area contributed by atoms with Gasteiger partial charge in [-0.3, -0.25) is 9.69 Å². The van der Waals surface area contributed by atoms with Crippen LogP contribution in [0.1, 0.15) is 23.7 Å². The third-order valence-electron chi connectivity index (χ3n) is 3.79. The van der Waals surface area contributed by atoms with E-state index in [2.05, 4.69) is 16.7 Å². The molecule has 0 radical (unpaired) electrons. The summed E-state index contributed by atoms with van der Waals surface area (Å²) in [6.07, 6.45) is 0.748. The molecule has 1 unspecified atom stereocenters. The van der Waals surface area contributed by atoms with Gasteiger partial charge in [0.1, 0.15) is 6.10 Å². The van der Waals surface area contributed by atoms with Crippen molar-refractivity contribution in [3.8, 4) is 11.8 Å². The summed E-state index contributed by atoms with van der Waals surface area (Å²) in [7, 11) is 1.73. The molecule has 1 aromatic rings. The van der Waals surface area contributed by atoms with Crippen LogP contribution in [0, 0.1) is 11.8 Å². The molecular formula is C18H22N2O3. The van der Waals surface area contributed by atoms with Gasteiger partial charge < -0.3 is 9.64 Å². The predicted octanol–water partition coefficient (Wildman–Crippen LogP) is 1.40. The molecule has 1 saturated heterocycles. The molecule has 23 heavy (non-hydrogen) atoms. The summed E-state index contributed by atoms with van der Waals surface area (Å²) >= 11 is 0. The number of likely N-dealkylation sites (tertiary alicyclic amines) is 1. The number of ether oxygens (including phenoxy) is 1. The molecule has 1 heterocycles. The number of nitrogens with zero attached hydrogens (tertiary/aromatic N) is 2. The summed E-state index contributed by atoms with van der Waals surface area (Å²) < 4.78 is 5.52. The minimum Gasteiger partial charge on any atom is -0.457 e. The molecule has 0 N–H and O–H groups in total. The van der Waals surface area contributed by atoms with Crippen molar-refractivity contribution < 1.29 is 14.3 Å². The van der Waals surface area contributed by atoms with Crippen LogP contribution in [0.4, 0.5) is 0 Å². The molecule has 1 fully saturated rings. The lowest BCUT2D eigenvalue weighted by Gasteiger charge is -2.14. The highest BCUT2D eigenvalue weighted by atomic mass is 16.5. The first-order valence-corrected chi connectivity index (χ1v) is 7.72. The molecule has 0 aliphatic carbocycles. The highest BCUT2D eigenvalue weighted by molar-refractivity contribution is 5.89. The molecule has 0 bridgehead atoms. The molecule has 5 nitrogen and oxygen atoms in total. The minimum absolute atomic E-state index is 0.00774. The maximum Gasteiger partial charge on any atom is 0.338 e. The van der Waals surface area contributed by atoms with Crippen molar-refractivity contribution in [2.45, 2.75) is 19.4 Å². The van der Waals surface area contributed by atoms with Crippen molar-refractivity contribution in [3.05, 3.63) is 35.9 Å². The van der Waals surface area contributed by atoms with Gasteiger partial charge in [-0.2, -0.15) is 0 Å². The predicted molar refractivity (Wildman–Crippen MR) is 87.8 cm³/mol. The molecule has 0 spiro atoms. The number of hydrogen-bond acceptors (Lipinski definition) is 4. The smallest absolute Gasteiger partial charge is 0.338 e. The van der Waals surface area contributed by atoms with Crippen LogP contribution in [-0.2, 0) is 9.53 Å². The first-order valence-electron chi connectivity index (χ1n) is 7.72. The van der Waals surface area contributed by atoms with Crippen molar-refractivity contribution >= 4 is 11.9 Å². The molecule has 1 atom stereocenters. The van der Waals surface area contributed by atoms with Crippen molar-refractivity contribution in [1.82, 2.24) is 9.80 Å². The molecule has 2 rings (SSSR count). The largest absolute Gasteiger partial charge is 0.457 e. The SMILES string of the molecule is CC(=O)N(C)CC#CCN1CCC(OC(=O)c2ccccc2)C1. The van der Waals surface area contributed by atoms with E-state index in [1.165, 1.54) is 6.92 Å². The monoisotopic (exact) mass is 314 g/mol. The van der Waals surface area contributed by atoms with Crippen molar-refractivity contribution in [2.75, 3.05) is 33.2 Å². The van der Waals surface area contributed by atoms with Crippen LogP contribution in [0.15, 0.2) is 30.3 Å². The van der Waals surface area contributed by atoms with Gasteiger partial charge in [0.2, 0.25) is 5.91 Å². The molecule has 1 aromatic carbocycles. The zero-order valence-electron chi connectivity index (χ0n) is 13.6. The lowest BCUT2D eigenvalue weighted by molar-refractivity contribution is -0.126. The van der Waals surface area contributed by atoms with E-state index in [0.29, 0.717) is 25.2 Å². The maximum absolute atomic E-state index is 12.0. The Morgan fingerprint density at radius 1 is 1.30 bits per heavy atom. The van der Waals surface area contributed by atoms with Gasteiger partial charge in [-0.25, -0.2) is 4.79 Å². The number of carbonyl (C=O) groups excluding carboxylic acids is 2. The summed E-state index contributed by atoms with van der Waals surface area (Å²) in [5.41, 5.74) is 0.581. The van der Waals surface area contributed by atoms with E-state index in [1.807, 2.05) is 18.2 Å². The standard InChI is InChI=1S/C18H22N2O3/c1-15(21)19(2)11-6-7-12-20-13-10-17(14-20)23-18(22)16-8-4-3-5-9-16/h3-5,8-9,17H,10-14H2,1-2H3. The lowest BCUT2D eigenvalue weighted by atomic mass is 10.2.